The molecule has 0 aromatic heterocycles. The Morgan fingerprint density at radius 3 is 2.81 bits per heavy atom. The third kappa shape index (κ3) is 2.42. The summed E-state index contributed by atoms with van der Waals surface area (Å²) in [5.41, 5.74) is 0.949. The summed E-state index contributed by atoms with van der Waals surface area (Å²) in [6.07, 6.45) is 5.07. The molecule has 0 radical (unpaired) electrons. The van der Waals surface area contributed by atoms with Crippen LogP contribution in [0.2, 0.25) is 0 Å². The molecule has 1 heterocycles. The van der Waals surface area contributed by atoms with Gasteiger partial charge >= 0.3 is 0 Å². The minimum atomic E-state index is -3.03. The summed E-state index contributed by atoms with van der Waals surface area (Å²) in [6.45, 7) is 0.192. The molecule has 0 spiro atoms. The number of sulfone groups is 1. The average Bonchev–Trinajstić information content (AvgIpc) is 2.53. The van der Waals surface area contributed by atoms with Crippen LogP contribution in [0.1, 0.15) is 25.7 Å². The minimum Gasteiger partial charge on any atom is -0.272 e. The van der Waals surface area contributed by atoms with E-state index in [0.29, 0.717) is 0 Å². The molecule has 0 aromatic carbocycles. The van der Waals surface area contributed by atoms with Crippen LogP contribution in [0, 0.1) is 5.92 Å². The summed E-state index contributed by atoms with van der Waals surface area (Å²) < 4.78 is 22.0. The molecule has 1 aliphatic carbocycles. The second kappa shape index (κ2) is 4.16. The lowest BCUT2D eigenvalue weighted by molar-refractivity contribution is -0.131. The molecule has 6 heteroatoms. The molecule has 16 heavy (non-hydrogen) atoms. The van der Waals surface area contributed by atoms with E-state index in [2.05, 4.69) is 5.10 Å². The van der Waals surface area contributed by atoms with Crippen molar-refractivity contribution in [1.82, 2.24) is 5.01 Å². The Kier molecular flexibility index (Phi) is 3.01. The number of carbonyl (C=O) groups excluding carboxylic acids is 1. The quantitative estimate of drug-likeness (QED) is 0.722. The Balaban J connectivity index is 2.02. The molecular weight excluding hydrogens is 228 g/mol. The number of hydrogen-bond donors (Lipinski definition) is 0. The van der Waals surface area contributed by atoms with Crippen LogP contribution in [0.4, 0.5) is 0 Å². The van der Waals surface area contributed by atoms with Gasteiger partial charge in [-0.15, -0.1) is 0 Å². The van der Waals surface area contributed by atoms with Crippen LogP contribution in [-0.2, 0) is 14.6 Å². The number of fused-ring (bicyclic) bond motifs is 1. The van der Waals surface area contributed by atoms with E-state index in [9.17, 15) is 13.2 Å². The van der Waals surface area contributed by atoms with Gasteiger partial charge in [0.1, 0.15) is 9.84 Å². The molecule has 2 aliphatic rings. The highest BCUT2D eigenvalue weighted by molar-refractivity contribution is 7.90. The van der Waals surface area contributed by atoms with Gasteiger partial charge in [-0.05, 0) is 19.3 Å². The van der Waals surface area contributed by atoms with Crippen molar-refractivity contribution in [3.8, 4) is 0 Å². The molecular formula is C10H16N2O3S. The van der Waals surface area contributed by atoms with E-state index in [-0.39, 0.29) is 24.1 Å². The standard InChI is InChI=1S/C10H16N2O3S/c1-16(14,15)7-6-12-10(13)8-4-2-3-5-9(8)11-12/h8H,2-7H2,1H3. The van der Waals surface area contributed by atoms with Crippen molar-refractivity contribution >= 4 is 21.5 Å². The first kappa shape index (κ1) is 11.6. The van der Waals surface area contributed by atoms with E-state index in [0.717, 1.165) is 31.4 Å². The smallest absolute Gasteiger partial charge is 0.251 e. The van der Waals surface area contributed by atoms with Gasteiger partial charge in [-0.2, -0.15) is 5.10 Å². The molecule has 1 amide bonds. The molecule has 0 bridgehead atoms. The van der Waals surface area contributed by atoms with Crippen LogP contribution in [-0.4, -0.2) is 43.6 Å². The lowest BCUT2D eigenvalue weighted by Crippen LogP contribution is -2.32. The second-order valence-electron chi connectivity index (χ2n) is 4.48. The van der Waals surface area contributed by atoms with E-state index in [1.807, 2.05) is 0 Å². The van der Waals surface area contributed by atoms with Gasteiger partial charge in [-0.1, -0.05) is 6.42 Å². The second-order valence-corrected chi connectivity index (χ2v) is 6.74. The highest BCUT2D eigenvalue weighted by atomic mass is 32.2. The van der Waals surface area contributed by atoms with Gasteiger partial charge in [0, 0.05) is 6.26 Å². The fourth-order valence-corrected chi connectivity index (χ4v) is 2.68. The molecule has 90 valence electrons. The fraction of sp³-hybridized carbons (Fsp3) is 0.800. The molecule has 1 unspecified atom stereocenters. The maximum Gasteiger partial charge on any atom is 0.251 e. The number of hydrazone groups is 1. The Morgan fingerprint density at radius 1 is 1.44 bits per heavy atom. The largest absolute Gasteiger partial charge is 0.272 e. The highest BCUT2D eigenvalue weighted by Crippen LogP contribution is 2.28. The van der Waals surface area contributed by atoms with Crippen molar-refractivity contribution in [3.05, 3.63) is 0 Å². The zero-order valence-corrected chi connectivity index (χ0v) is 10.2. The molecule has 1 saturated carbocycles. The molecule has 2 rings (SSSR count). The third-order valence-corrected chi connectivity index (χ3v) is 3.98. The van der Waals surface area contributed by atoms with E-state index in [1.54, 1.807) is 0 Å². The summed E-state index contributed by atoms with van der Waals surface area (Å²) in [4.78, 5) is 11.9. The first-order valence-electron chi connectivity index (χ1n) is 5.54. The SMILES string of the molecule is CS(=O)(=O)CCN1N=C2CCCCC2C1=O. The Morgan fingerprint density at radius 2 is 2.19 bits per heavy atom. The van der Waals surface area contributed by atoms with E-state index in [4.69, 9.17) is 0 Å². The summed E-state index contributed by atoms with van der Waals surface area (Å²) in [6, 6.07) is 0. The highest BCUT2D eigenvalue weighted by Gasteiger charge is 2.36. The Bertz CT molecular complexity index is 427. The predicted octanol–water partition coefficient (Wildman–Crippen LogP) is 0.419. The van der Waals surface area contributed by atoms with Crippen LogP contribution in [0.3, 0.4) is 0 Å². The molecule has 5 nitrogen and oxygen atoms in total. The monoisotopic (exact) mass is 244 g/mol. The molecule has 1 atom stereocenters. The van der Waals surface area contributed by atoms with Crippen molar-refractivity contribution in [1.29, 1.82) is 0 Å². The minimum absolute atomic E-state index is 0.0117. The summed E-state index contributed by atoms with van der Waals surface area (Å²) in [7, 11) is -3.03. The lowest BCUT2D eigenvalue weighted by atomic mass is 9.87. The van der Waals surface area contributed by atoms with Gasteiger partial charge < -0.3 is 0 Å². The molecule has 1 fully saturated rings. The van der Waals surface area contributed by atoms with Crippen LogP contribution in [0.15, 0.2) is 5.10 Å². The van der Waals surface area contributed by atoms with Crippen LogP contribution >= 0.6 is 0 Å². The summed E-state index contributed by atoms with van der Waals surface area (Å²) in [5, 5.41) is 5.57. The predicted molar refractivity (Wildman–Crippen MR) is 60.8 cm³/mol. The van der Waals surface area contributed by atoms with Gasteiger partial charge in [0.05, 0.1) is 23.9 Å². The van der Waals surface area contributed by atoms with Crippen LogP contribution in [0.25, 0.3) is 0 Å². The van der Waals surface area contributed by atoms with Crippen molar-refractivity contribution in [2.24, 2.45) is 11.0 Å². The van der Waals surface area contributed by atoms with Gasteiger partial charge in [0.25, 0.3) is 5.91 Å². The van der Waals surface area contributed by atoms with Crippen molar-refractivity contribution in [2.45, 2.75) is 25.7 Å². The fourth-order valence-electron chi connectivity index (χ4n) is 2.18. The van der Waals surface area contributed by atoms with Crippen LogP contribution in [0.5, 0.6) is 0 Å². The Labute approximate surface area is 95.4 Å². The molecule has 1 aliphatic heterocycles. The number of amides is 1. The number of hydrogen-bond acceptors (Lipinski definition) is 4. The normalized spacial score (nSPS) is 25.6. The Hall–Kier alpha value is -0.910. The summed E-state index contributed by atoms with van der Waals surface area (Å²) >= 11 is 0. The van der Waals surface area contributed by atoms with Gasteiger partial charge in [-0.25, -0.2) is 13.4 Å². The van der Waals surface area contributed by atoms with Gasteiger partial charge in [-0.3, -0.25) is 4.79 Å². The maximum absolute atomic E-state index is 11.9. The number of rotatable bonds is 3. The average molecular weight is 244 g/mol. The van der Waals surface area contributed by atoms with Gasteiger partial charge in [0.2, 0.25) is 0 Å². The van der Waals surface area contributed by atoms with Crippen LogP contribution < -0.4 is 0 Å². The summed E-state index contributed by atoms with van der Waals surface area (Å²) in [5.74, 6) is -0.0888. The van der Waals surface area contributed by atoms with Crippen molar-refractivity contribution in [3.63, 3.8) is 0 Å². The zero-order valence-electron chi connectivity index (χ0n) is 9.35. The molecule has 0 N–H and O–H groups in total. The molecule has 0 aromatic rings. The molecule has 0 saturated heterocycles. The van der Waals surface area contributed by atoms with E-state index in [1.165, 1.54) is 11.3 Å². The van der Waals surface area contributed by atoms with E-state index >= 15 is 0 Å². The zero-order chi connectivity index (χ0) is 11.8. The first-order valence-corrected chi connectivity index (χ1v) is 7.60. The topological polar surface area (TPSA) is 66.8 Å². The first-order chi connectivity index (χ1) is 7.47. The lowest BCUT2D eigenvalue weighted by Gasteiger charge is -2.16. The number of carbonyl (C=O) groups is 1. The van der Waals surface area contributed by atoms with Crippen molar-refractivity contribution in [2.75, 3.05) is 18.6 Å². The third-order valence-electron chi connectivity index (χ3n) is 3.05. The van der Waals surface area contributed by atoms with E-state index < -0.39 is 9.84 Å². The van der Waals surface area contributed by atoms with Crippen molar-refractivity contribution < 1.29 is 13.2 Å². The van der Waals surface area contributed by atoms with Gasteiger partial charge in [0.15, 0.2) is 0 Å². The maximum atomic E-state index is 11.9. The number of nitrogens with zero attached hydrogens (tertiary/aromatic N) is 2.